The van der Waals surface area contributed by atoms with Gasteiger partial charge in [-0.25, -0.2) is 8.78 Å². The second-order valence-corrected chi connectivity index (χ2v) is 7.62. The van der Waals surface area contributed by atoms with E-state index in [2.05, 4.69) is 0 Å². The summed E-state index contributed by atoms with van der Waals surface area (Å²) in [6, 6.07) is 18.5. The highest BCUT2D eigenvalue weighted by Crippen LogP contribution is 2.28. The Morgan fingerprint density at radius 3 is 2.50 bits per heavy atom. The molecule has 164 valence electrons. The van der Waals surface area contributed by atoms with Crippen LogP contribution in [0.4, 0.5) is 8.78 Å². The van der Waals surface area contributed by atoms with Crippen LogP contribution in [0.15, 0.2) is 75.9 Å². The van der Waals surface area contributed by atoms with Crippen LogP contribution < -0.4 is 14.9 Å². The molecule has 4 nitrogen and oxygen atoms in total. The molecule has 1 aromatic heterocycles. The molecule has 0 fully saturated rings. The minimum absolute atomic E-state index is 0.0482. The number of para-hydroxylation sites is 1. The first-order valence-electron chi connectivity index (χ1n) is 9.89. The molecule has 32 heavy (non-hydrogen) atoms. The van der Waals surface area contributed by atoms with Crippen LogP contribution in [0.1, 0.15) is 16.9 Å². The van der Waals surface area contributed by atoms with Crippen LogP contribution in [0.3, 0.4) is 0 Å². The third kappa shape index (κ3) is 4.92. The molecular formula is C25H19ClF2O4. The zero-order chi connectivity index (χ0) is 22.7. The van der Waals surface area contributed by atoms with Crippen molar-refractivity contribution in [2.45, 2.75) is 26.4 Å². The van der Waals surface area contributed by atoms with Crippen LogP contribution in [-0.2, 0) is 13.0 Å². The molecule has 0 aliphatic carbocycles. The maximum atomic E-state index is 12.9. The molecule has 0 aliphatic rings. The lowest BCUT2D eigenvalue weighted by Gasteiger charge is -2.13. The molecule has 3 aromatic carbocycles. The third-order valence-corrected chi connectivity index (χ3v) is 5.12. The number of aryl methyl sites for hydroxylation is 1. The van der Waals surface area contributed by atoms with Gasteiger partial charge in [-0.15, -0.1) is 0 Å². The van der Waals surface area contributed by atoms with Crippen molar-refractivity contribution in [2.24, 2.45) is 0 Å². The lowest BCUT2D eigenvalue weighted by atomic mass is 10.1. The predicted molar refractivity (Wildman–Crippen MR) is 119 cm³/mol. The van der Waals surface area contributed by atoms with Crippen LogP contribution in [0.25, 0.3) is 11.0 Å². The van der Waals surface area contributed by atoms with E-state index in [0.717, 1.165) is 0 Å². The van der Waals surface area contributed by atoms with Gasteiger partial charge in [-0.2, -0.15) is 0 Å². The van der Waals surface area contributed by atoms with Crippen LogP contribution in [-0.4, -0.2) is 6.43 Å². The average molecular weight is 457 g/mol. The molecule has 4 aromatic rings. The molecule has 0 saturated carbocycles. The van der Waals surface area contributed by atoms with E-state index in [1.165, 1.54) is 0 Å². The summed E-state index contributed by atoms with van der Waals surface area (Å²) in [4.78, 5) is 12.9. The van der Waals surface area contributed by atoms with E-state index in [4.69, 9.17) is 25.5 Å². The fraction of sp³-hybridized carbons (Fsp3) is 0.160. The summed E-state index contributed by atoms with van der Waals surface area (Å²) in [7, 11) is 0. The van der Waals surface area contributed by atoms with E-state index in [-0.39, 0.29) is 24.2 Å². The summed E-state index contributed by atoms with van der Waals surface area (Å²) in [5.74, 6) is 1.41. The molecule has 4 rings (SSSR count). The van der Waals surface area contributed by atoms with Crippen molar-refractivity contribution in [1.29, 1.82) is 0 Å². The Morgan fingerprint density at radius 1 is 0.969 bits per heavy atom. The molecule has 0 radical (unpaired) electrons. The normalized spacial score (nSPS) is 11.2. The van der Waals surface area contributed by atoms with Crippen molar-refractivity contribution in [3.05, 3.63) is 98.9 Å². The van der Waals surface area contributed by atoms with Crippen molar-refractivity contribution in [3.8, 4) is 17.2 Å². The molecule has 0 bridgehead atoms. The lowest BCUT2D eigenvalue weighted by Crippen LogP contribution is -2.08. The van der Waals surface area contributed by atoms with Crippen LogP contribution >= 0.6 is 11.6 Å². The number of alkyl halides is 2. The summed E-state index contributed by atoms with van der Waals surface area (Å²) in [5, 5.41) is 0.780. The highest BCUT2D eigenvalue weighted by Gasteiger charge is 2.15. The Balaban J connectivity index is 1.59. The maximum absolute atomic E-state index is 12.9. The molecule has 0 atom stereocenters. The van der Waals surface area contributed by atoms with Gasteiger partial charge in [0.25, 0.3) is 0 Å². The summed E-state index contributed by atoms with van der Waals surface area (Å²) in [6.45, 7) is 1.70. The molecule has 0 amide bonds. The SMILES string of the molecule is Cc1oc2cc(OCc3cc(Cl)ccc3CC(F)F)ccc2c(=O)c1Oc1ccccc1. The van der Waals surface area contributed by atoms with Crippen molar-refractivity contribution in [2.75, 3.05) is 0 Å². The van der Waals surface area contributed by atoms with Gasteiger partial charge in [-0.05, 0) is 54.4 Å². The lowest BCUT2D eigenvalue weighted by molar-refractivity contribution is 0.148. The fourth-order valence-electron chi connectivity index (χ4n) is 3.34. The summed E-state index contributed by atoms with van der Waals surface area (Å²) >= 11 is 6.02. The number of rotatable bonds is 7. The van der Waals surface area contributed by atoms with Crippen LogP contribution in [0.2, 0.25) is 5.02 Å². The van der Waals surface area contributed by atoms with Gasteiger partial charge < -0.3 is 13.9 Å². The fourth-order valence-corrected chi connectivity index (χ4v) is 3.53. The first-order valence-corrected chi connectivity index (χ1v) is 10.3. The monoisotopic (exact) mass is 456 g/mol. The maximum Gasteiger partial charge on any atom is 0.242 e. The van der Waals surface area contributed by atoms with E-state index in [0.29, 0.717) is 44.4 Å². The molecule has 0 N–H and O–H groups in total. The van der Waals surface area contributed by atoms with Crippen molar-refractivity contribution in [1.82, 2.24) is 0 Å². The Bertz CT molecular complexity index is 1300. The Morgan fingerprint density at radius 2 is 1.75 bits per heavy atom. The third-order valence-electron chi connectivity index (χ3n) is 4.89. The van der Waals surface area contributed by atoms with Gasteiger partial charge in [0.2, 0.25) is 17.6 Å². The number of halogens is 3. The second kappa shape index (κ2) is 9.40. The molecule has 0 unspecified atom stereocenters. The molecule has 0 spiro atoms. The average Bonchev–Trinajstić information content (AvgIpc) is 2.77. The second-order valence-electron chi connectivity index (χ2n) is 7.19. The number of hydrogen-bond acceptors (Lipinski definition) is 4. The zero-order valence-electron chi connectivity index (χ0n) is 17.1. The molecule has 0 aliphatic heterocycles. The van der Waals surface area contributed by atoms with Gasteiger partial charge in [-0.3, -0.25) is 4.79 Å². The zero-order valence-corrected chi connectivity index (χ0v) is 17.9. The Hall–Kier alpha value is -3.38. The number of ether oxygens (including phenoxy) is 2. The van der Waals surface area contributed by atoms with E-state index >= 15 is 0 Å². The highest BCUT2D eigenvalue weighted by molar-refractivity contribution is 6.30. The van der Waals surface area contributed by atoms with Crippen LogP contribution in [0.5, 0.6) is 17.2 Å². The van der Waals surface area contributed by atoms with Crippen molar-refractivity contribution >= 4 is 22.6 Å². The standard InChI is InChI=1S/C25H19ClF2O4/c1-15-25(32-19-5-3-2-4-6-19)24(29)21-10-9-20(13-22(21)31-15)30-14-17-11-18(26)8-7-16(17)12-23(27)28/h2-11,13,23H,12,14H2,1H3. The van der Waals surface area contributed by atoms with E-state index < -0.39 is 6.43 Å². The van der Waals surface area contributed by atoms with E-state index in [9.17, 15) is 13.6 Å². The quantitative estimate of drug-likeness (QED) is 0.302. The summed E-state index contributed by atoms with van der Waals surface area (Å²) < 4.78 is 43.0. The minimum atomic E-state index is -2.47. The summed E-state index contributed by atoms with van der Waals surface area (Å²) in [5.41, 5.74) is 1.08. The molecule has 1 heterocycles. The van der Waals surface area contributed by atoms with Gasteiger partial charge in [0.1, 0.15) is 29.4 Å². The van der Waals surface area contributed by atoms with Crippen molar-refractivity contribution in [3.63, 3.8) is 0 Å². The van der Waals surface area contributed by atoms with Gasteiger partial charge in [0, 0.05) is 17.5 Å². The Labute approximate surface area is 188 Å². The highest BCUT2D eigenvalue weighted by atomic mass is 35.5. The molecule has 7 heteroatoms. The van der Waals surface area contributed by atoms with Gasteiger partial charge in [-0.1, -0.05) is 35.9 Å². The number of fused-ring (bicyclic) bond motifs is 1. The van der Waals surface area contributed by atoms with Crippen molar-refractivity contribution < 1.29 is 22.7 Å². The van der Waals surface area contributed by atoms with Gasteiger partial charge >= 0.3 is 0 Å². The first-order chi connectivity index (χ1) is 15.4. The van der Waals surface area contributed by atoms with E-state index in [1.807, 2.05) is 18.2 Å². The number of benzene rings is 3. The first kappa shape index (κ1) is 21.8. The Kier molecular flexibility index (Phi) is 6.42. The number of hydrogen-bond donors (Lipinski definition) is 0. The van der Waals surface area contributed by atoms with Gasteiger partial charge in [0.15, 0.2) is 0 Å². The smallest absolute Gasteiger partial charge is 0.242 e. The topological polar surface area (TPSA) is 48.7 Å². The predicted octanol–water partition coefficient (Wildman–Crippen LogP) is 6.93. The van der Waals surface area contributed by atoms with E-state index in [1.54, 1.807) is 55.5 Å². The largest absolute Gasteiger partial charge is 0.489 e. The molecular weight excluding hydrogens is 438 g/mol. The minimum Gasteiger partial charge on any atom is -0.489 e. The van der Waals surface area contributed by atoms with Crippen LogP contribution in [0, 0.1) is 6.92 Å². The summed E-state index contributed by atoms with van der Waals surface area (Å²) in [6.07, 6.45) is -2.86. The van der Waals surface area contributed by atoms with Gasteiger partial charge in [0.05, 0.1) is 5.39 Å². The molecule has 0 saturated heterocycles.